The van der Waals surface area contributed by atoms with Gasteiger partial charge in [0.2, 0.25) is 0 Å². The fourth-order valence-corrected chi connectivity index (χ4v) is 2.01. The number of carboxylic acid groups (broad SMARTS) is 1. The molecule has 0 unspecified atom stereocenters. The van der Waals surface area contributed by atoms with Crippen molar-refractivity contribution in [3.05, 3.63) is 48.0 Å². The molecule has 120 valence electrons. The minimum Gasteiger partial charge on any atom is -0.494 e. The summed E-state index contributed by atoms with van der Waals surface area (Å²) >= 11 is 0. The zero-order chi connectivity index (χ0) is 16.0. The first-order valence-corrected chi connectivity index (χ1v) is 7.58. The second kappa shape index (κ2) is 11.4. The van der Waals surface area contributed by atoms with E-state index in [2.05, 4.69) is 29.0 Å². The first-order valence-electron chi connectivity index (χ1n) is 7.58. The van der Waals surface area contributed by atoms with Crippen LogP contribution in [0.5, 0.6) is 5.75 Å². The number of H-pyrrole nitrogens is 1. The molecule has 0 aliphatic carbocycles. The Kier molecular flexibility index (Phi) is 9.17. The number of aromatic nitrogens is 2. The number of aromatic amines is 1. The van der Waals surface area contributed by atoms with E-state index >= 15 is 0 Å². The average molecular weight is 304 g/mol. The summed E-state index contributed by atoms with van der Waals surface area (Å²) in [5.41, 5.74) is 1.24. The van der Waals surface area contributed by atoms with Gasteiger partial charge in [-0.3, -0.25) is 4.79 Å². The lowest BCUT2D eigenvalue weighted by molar-refractivity contribution is -0.122. The lowest BCUT2D eigenvalue weighted by Gasteiger charge is -2.06. The molecule has 2 N–H and O–H groups in total. The van der Waals surface area contributed by atoms with Gasteiger partial charge in [-0.15, -0.1) is 0 Å². The summed E-state index contributed by atoms with van der Waals surface area (Å²) in [6.07, 6.45) is 9.43. The average Bonchev–Trinajstić information content (AvgIpc) is 3.02. The van der Waals surface area contributed by atoms with Crippen LogP contribution in [0, 0.1) is 0 Å². The Morgan fingerprint density at radius 3 is 2.55 bits per heavy atom. The highest BCUT2D eigenvalue weighted by Crippen LogP contribution is 2.14. The van der Waals surface area contributed by atoms with Crippen LogP contribution in [-0.2, 0) is 11.2 Å². The van der Waals surface area contributed by atoms with Gasteiger partial charge in [0.15, 0.2) is 0 Å². The van der Waals surface area contributed by atoms with Crippen LogP contribution in [0.2, 0.25) is 0 Å². The summed E-state index contributed by atoms with van der Waals surface area (Å²) in [7, 11) is 0. The van der Waals surface area contributed by atoms with Crippen LogP contribution in [0.4, 0.5) is 0 Å². The fraction of sp³-hybridized carbons (Fsp3) is 0.412. The minimum atomic E-state index is -0.250. The van der Waals surface area contributed by atoms with E-state index < -0.39 is 0 Å². The van der Waals surface area contributed by atoms with Crippen molar-refractivity contribution in [2.24, 2.45) is 0 Å². The maximum absolute atomic E-state index is 8.36. The number of benzene rings is 1. The molecule has 0 aliphatic heterocycles. The van der Waals surface area contributed by atoms with E-state index in [-0.39, 0.29) is 6.47 Å². The van der Waals surface area contributed by atoms with Crippen LogP contribution in [-0.4, -0.2) is 28.2 Å². The summed E-state index contributed by atoms with van der Waals surface area (Å²) < 4.78 is 5.72. The van der Waals surface area contributed by atoms with E-state index in [0.29, 0.717) is 0 Å². The molecule has 0 atom stereocenters. The fourth-order valence-electron chi connectivity index (χ4n) is 2.01. The van der Waals surface area contributed by atoms with Gasteiger partial charge in [-0.05, 0) is 24.1 Å². The minimum absolute atomic E-state index is 0.250. The van der Waals surface area contributed by atoms with Crippen LogP contribution in [0.3, 0.4) is 0 Å². The number of nitrogens with zero attached hydrogens (tertiary/aromatic N) is 1. The van der Waals surface area contributed by atoms with Crippen LogP contribution in [0.1, 0.15) is 44.0 Å². The smallest absolute Gasteiger partial charge is 0.290 e. The number of carbonyl (C=O) groups is 1. The number of hydrogen-bond acceptors (Lipinski definition) is 3. The second-order valence-corrected chi connectivity index (χ2v) is 4.87. The molecule has 2 aromatic rings. The molecule has 1 aromatic heterocycles. The molecular formula is C17H24N2O3. The lowest BCUT2D eigenvalue weighted by Crippen LogP contribution is -1.97. The number of rotatable bonds is 8. The molecule has 1 aromatic carbocycles. The molecule has 2 rings (SSSR count). The Labute approximate surface area is 131 Å². The van der Waals surface area contributed by atoms with Crippen molar-refractivity contribution in [1.29, 1.82) is 0 Å². The van der Waals surface area contributed by atoms with Crippen molar-refractivity contribution < 1.29 is 14.6 Å². The van der Waals surface area contributed by atoms with E-state index in [9.17, 15) is 0 Å². The molecule has 0 fully saturated rings. The van der Waals surface area contributed by atoms with Crippen molar-refractivity contribution in [2.45, 2.75) is 39.0 Å². The number of unbranched alkanes of at least 4 members (excludes halogenated alkanes) is 3. The van der Waals surface area contributed by atoms with Crippen LogP contribution >= 0.6 is 0 Å². The molecule has 5 nitrogen and oxygen atoms in total. The Hall–Kier alpha value is -2.30. The number of imidazole rings is 1. The molecule has 22 heavy (non-hydrogen) atoms. The summed E-state index contributed by atoms with van der Waals surface area (Å²) in [5.74, 6) is 1.95. The van der Waals surface area contributed by atoms with Gasteiger partial charge >= 0.3 is 0 Å². The topological polar surface area (TPSA) is 75.2 Å². The van der Waals surface area contributed by atoms with Crippen LogP contribution < -0.4 is 4.74 Å². The predicted octanol–water partition coefficient (Wildman–Crippen LogP) is 3.66. The van der Waals surface area contributed by atoms with Gasteiger partial charge in [0.1, 0.15) is 11.6 Å². The zero-order valence-electron chi connectivity index (χ0n) is 13.0. The van der Waals surface area contributed by atoms with E-state index in [1.165, 1.54) is 24.8 Å². The van der Waals surface area contributed by atoms with Gasteiger partial charge in [0.25, 0.3) is 6.47 Å². The van der Waals surface area contributed by atoms with Crippen LogP contribution in [0.15, 0.2) is 36.7 Å². The molecular weight excluding hydrogens is 280 g/mol. The van der Waals surface area contributed by atoms with E-state index in [0.717, 1.165) is 31.0 Å². The third-order valence-corrected chi connectivity index (χ3v) is 3.12. The van der Waals surface area contributed by atoms with Gasteiger partial charge < -0.3 is 14.8 Å². The van der Waals surface area contributed by atoms with E-state index in [1.807, 2.05) is 18.3 Å². The molecule has 5 heteroatoms. The molecule has 0 bridgehead atoms. The second-order valence-electron chi connectivity index (χ2n) is 4.87. The van der Waals surface area contributed by atoms with Crippen molar-refractivity contribution in [3.8, 4) is 5.75 Å². The van der Waals surface area contributed by atoms with Gasteiger partial charge in [-0.25, -0.2) is 4.98 Å². The highest BCUT2D eigenvalue weighted by Gasteiger charge is 1.99. The molecule has 0 amide bonds. The summed E-state index contributed by atoms with van der Waals surface area (Å²) in [6, 6.07) is 8.28. The summed E-state index contributed by atoms with van der Waals surface area (Å²) in [5, 5.41) is 6.89. The normalized spacial score (nSPS) is 9.68. The zero-order valence-corrected chi connectivity index (χ0v) is 13.0. The maximum atomic E-state index is 8.36. The van der Waals surface area contributed by atoms with Crippen molar-refractivity contribution >= 4 is 6.47 Å². The maximum Gasteiger partial charge on any atom is 0.290 e. The predicted molar refractivity (Wildman–Crippen MR) is 86.2 cm³/mol. The molecule has 0 aliphatic rings. The number of nitrogens with one attached hydrogen (secondary N) is 1. The van der Waals surface area contributed by atoms with E-state index in [1.54, 1.807) is 6.20 Å². The number of hydrogen-bond donors (Lipinski definition) is 2. The largest absolute Gasteiger partial charge is 0.494 e. The lowest BCUT2D eigenvalue weighted by atomic mass is 10.1. The SMILES string of the molecule is CCCCCCOc1ccc(Cc2ncc[nH]2)cc1.O=CO. The Morgan fingerprint density at radius 1 is 1.23 bits per heavy atom. The van der Waals surface area contributed by atoms with E-state index in [4.69, 9.17) is 14.6 Å². The van der Waals surface area contributed by atoms with Gasteiger partial charge in [-0.1, -0.05) is 38.3 Å². The van der Waals surface area contributed by atoms with Gasteiger partial charge in [-0.2, -0.15) is 0 Å². The Morgan fingerprint density at radius 2 is 1.95 bits per heavy atom. The van der Waals surface area contributed by atoms with Crippen molar-refractivity contribution in [2.75, 3.05) is 6.61 Å². The third kappa shape index (κ3) is 7.47. The quantitative estimate of drug-likeness (QED) is 0.576. The highest BCUT2D eigenvalue weighted by molar-refractivity contribution is 5.32. The van der Waals surface area contributed by atoms with Gasteiger partial charge in [0.05, 0.1) is 6.61 Å². The monoisotopic (exact) mass is 304 g/mol. The first-order chi connectivity index (χ1) is 10.8. The highest BCUT2D eigenvalue weighted by atomic mass is 16.5. The Bertz CT molecular complexity index is 495. The summed E-state index contributed by atoms with van der Waals surface area (Å²) in [4.78, 5) is 15.7. The molecule has 0 spiro atoms. The Balaban J connectivity index is 0.000000745. The molecule has 0 saturated heterocycles. The molecule has 0 saturated carbocycles. The third-order valence-electron chi connectivity index (χ3n) is 3.12. The molecule has 0 radical (unpaired) electrons. The first kappa shape index (κ1) is 17.8. The molecule has 1 heterocycles. The standard InChI is InChI=1S/C16H22N2O.CH2O2/c1-2-3-4-5-12-19-15-8-6-14(7-9-15)13-16-17-10-11-18-16;2-1-3/h6-11H,2-5,12-13H2,1H3,(H,17,18);1H,(H,2,3). The van der Waals surface area contributed by atoms with Crippen molar-refractivity contribution in [3.63, 3.8) is 0 Å². The van der Waals surface area contributed by atoms with Crippen molar-refractivity contribution in [1.82, 2.24) is 9.97 Å². The van der Waals surface area contributed by atoms with Gasteiger partial charge in [0, 0.05) is 18.8 Å². The summed E-state index contributed by atoms with van der Waals surface area (Å²) in [6.45, 7) is 2.79. The number of ether oxygens (including phenoxy) is 1. The van der Waals surface area contributed by atoms with Crippen LogP contribution in [0.25, 0.3) is 0 Å².